The van der Waals surface area contributed by atoms with Crippen molar-refractivity contribution in [1.82, 2.24) is 5.34 Å². The lowest BCUT2D eigenvalue weighted by molar-refractivity contribution is -0.340. The highest BCUT2D eigenvalue weighted by Crippen LogP contribution is 2.46. The summed E-state index contributed by atoms with van der Waals surface area (Å²) in [7, 11) is 0. The minimum atomic E-state index is -5.38. The monoisotopic (exact) mass is 402 g/mol. The predicted molar refractivity (Wildman–Crippen MR) is 88.3 cm³/mol. The van der Waals surface area contributed by atoms with E-state index in [2.05, 4.69) is 0 Å². The lowest BCUT2D eigenvalue weighted by atomic mass is 9.89. The van der Waals surface area contributed by atoms with Gasteiger partial charge < -0.3 is 10.8 Å². The van der Waals surface area contributed by atoms with Gasteiger partial charge in [-0.05, 0) is 12.0 Å². The summed E-state index contributed by atoms with van der Waals surface area (Å²) in [6, 6.07) is 10.4. The number of carboxylic acids is 1. The molecule has 0 aromatic heterocycles. The summed E-state index contributed by atoms with van der Waals surface area (Å²) < 4.78 is 68.8. The number of ketones is 1. The number of nitrogens with two attached hydrogens (primary N) is 1. The van der Waals surface area contributed by atoms with Crippen molar-refractivity contribution in [2.75, 3.05) is 0 Å². The Morgan fingerprint density at radius 3 is 2.07 bits per heavy atom. The van der Waals surface area contributed by atoms with E-state index < -0.39 is 46.0 Å². The Bertz CT molecular complexity index is 863. The van der Waals surface area contributed by atoms with Crippen molar-refractivity contribution in [2.45, 2.75) is 24.2 Å². The quantitative estimate of drug-likeness (QED) is 0.306. The van der Waals surface area contributed by atoms with Gasteiger partial charge in [-0.3, -0.25) is 4.79 Å². The fraction of sp³-hybridized carbons (Fsp3) is 0.222. The van der Waals surface area contributed by atoms with Gasteiger partial charge in [0, 0.05) is 11.1 Å². The highest BCUT2D eigenvalue weighted by molar-refractivity contribution is 6.01. The van der Waals surface area contributed by atoms with Crippen LogP contribution in [0.5, 0.6) is 0 Å². The molecule has 0 bridgehead atoms. The van der Waals surface area contributed by atoms with E-state index in [1.807, 2.05) is 0 Å². The van der Waals surface area contributed by atoms with Crippen molar-refractivity contribution in [3.05, 3.63) is 71.3 Å². The number of Topliss-reactive ketones (excluding diaryl/α,β-unsaturated/α-hetero) is 1. The summed E-state index contributed by atoms with van der Waals surface area (Å²) in [5.74, 6) is -14.8. The van der Waals surface area contributed by atoms with Crippen LogP contribution in [0.2, 0.25) is 0 Å². The first-order valence-electron chi connectivity index (χ1n) is 7.88. The molecule has 0 amide bonds. The normalized spacial score (nSPS) is 15.1. The molecule has 2 rings (SSSR count). The Hall–Kier alpha value is -2.85. The van der Waals surface area contributed by atoms with E-state index in [0.717, 1.165) is 18.2 Å². The van der Waals surface area contributed by atoms with E-state index >= 15 is 0 Å². The number of halogens is 5. The largest absolute Gasteiger partial charge is 0.478 e. The molecule has 0 saturated heterocycles. The number of rotatable bonds is 8. The summed E-state index contributed by atoms with van der Waals surface area (Å²) in [6.45, 7) is 0. The second-order valence-corrected chi connectivity index (χ2v) is 5.94. The zero-order valence-electron chi connectivity index (χ0n) is 14.2. The zero-order chi connectivity index (χ0) is 21.1. The molecule has 3 N–H and O–H groups in total. The van der Waals surface area contributed by atoms with Crippen LogP contribution in [0.1, 0.15) is 21.5 Å². The molecule has 0 radical (unpaired) electrons. The molecule has 0 aliphatic rings. The van der Waals surface area contributed by atoms with Crippen molar-refractivity contribution in [1.29, 1.82) is 0 Å². The first-order valence-corrected chi connectivity index (χ1v) is 7.88. The minimum absolute atomic E-state index is 0.0579. The van der Waals surface area contributed by atoms with Crippen LogP contribution in [0.25, 0.3) is 0 Å². The third-order valence-electron chi connectivity index (χ3n) is 4.10. The van der Waals surface area contributed by atoms with Crippen LogP contribution >= 0.6 is 0 Å². The van der Waals surface area contributed by atoms with Crippen LogP contribution in [-0.2, 0) is 17.1 Å². The van der Waals surface area contributed by atoms with E-state index in [4.69, 9.17) is 10.8 Å². The molecule has 0 unspecified atom stereocenters. The number of benzene rings is 2. The van der Waals surface area contributed by atoms with Crippen molar-refractivity contribution in [3.63, 3.8) is 0 Å². The van der Waals surface area contributed by atoms with E-state index in [1.165, 1.54) is 0 Å². The van der Waals surface area contributed by atoms with Crippen LogP contribution in [0.4, 0.5) is 22.1 Å². The highest BCUT2D eigenvalue weighted by Gasteiger charge is 2.69. The van der Waals surface area contributed by atoms with Crippen LogP contribution in [0.3, 0.4) is 0 Å². The molecule has 0 fully saturated rings. The standard InChI is InChI=1S/C18H15F5N2O3/c19-17(20,18(21,16(27)28)25(22)23)13-9-5-4-8-12(13)15(26)14(24)10-11-6-2-1-3-7-11/h1-9,14H,10,24H2,(H,27,28)/t14-,18+/m0/s1. The molecule has 0 heterocycles. The van der Waals surface area contributed by atoms with Crippen molar-refractivity contribution in [3.8, 4) is 0 Å². The SMILES string of the molecule is N[C@@H](Cc1ccccc1)C(=O)c1ccccc1C(F)(F)[C@@](F)(C(=O)O)N(F)F. The molecule has 2 atom stereocenters. The van der Waals surface area contributed by atoms with Crippen molar-refractivity contribution < 1.29 is 36.8 Å². The van der Waals surface area contributed by atoms with E-state index in [-0.39, 0.29) is 6.42 Å². The van der Waals surface area contributed by atoms with E-state index in [1.54, 1.807) is 30.3 Å². The van der Waals surface area contributed by atoms with Gasteiger partial charge in [-0.2, -0.15) is 8.78 Å². The Morgan fingerprint density at radius 2 is 1.54 bits per heavy atom. The average Bonchev–Trinajstić information content (AvgIpc) is 2.66. The minimum Gasteiger partial charge on any atom is -0.478 e. The second kappa shape index (κ2) is 8.03. The maximum Gasteiger partial charge on any atom is 0.382 e. The number of nitrogens with zero attached hydrogens (tertiary/aromatic N) is 1. The number of carbonyl (C=O) groups is 2. The maximum atomic E-state index is 14.5. The fourth-order valence-electron chi connectivity index (χ4n) is 2.62. The van der Waals surface area contributed by atoms with Gasteiger partial charge in [0.1, 0.15) is 0 Å². The summed E-state index contributed by atoms with van der Waals surface area (Å²) in [4.78, 5) is 23.4. The number of hydrogen-bond acceptors (Lipinski definition) is 4. The summed E-state index contributed by atoms with van der Waals surface area (Å²) >= 11 is 0. The molecular weight excluding hydrogens is 387 g/mol. The Labute approximate surface area is 156 Å². The Balaban J connectivity index is 2.46. The van der Waals surface area contributed by atoms with Gasteiger partial charge in [-0.15, -0.1) is 0 Å². The smallest absolute Gasteiger partial charge is 0.382 e. The zero-order valence-corrected chi connectivity index (χ0v) is 14.2. The van der Waals surface area contributed by atoms with Gasteiger partial charge in [0.2, 0.25) is 0 Å². The van der Waals surface area contributed by atoms with Gasteiger partial charge in [-0.25, -0.2) is 9.18 Å². The molecule has 0 spiro atoms. The van der Waals surface area contributed by atoms with Gasteiger partial charge in [0.05, 0.1) is 11.4 Å². The second-order valence-electron chi connectivity index (χ2n) is 5.94. The van der Waals surface area contributed by atoms with Crippen LogP contribution < -0.4 is 5.73 Å². The predicted octanol–water partition coefficient (Wildman–Crippen LogP) is 3.35. The van der Waals surface area contributed by atoms with Gasteiger partial charge in [0.25, 0.3) is 0 Å². The van der Waals surface area contributed by atoms with Crippen LogP contribution in [-0.4, -0.2) is 34.0 Å². The number of carboxylic acid groups (broad SMARTS) is 1. The Kier molecular flexibility index (Phi) is 6.15. The first kappa shape index (κ1) is 21.5. The average molecular weight is 402 g/mol. The summed E-state index contributed by atoms with van der Waals surface area (Å²) in [5, 5.41) is 5.91. The highest BCUT2D eigenvalue weighted by atomic mass is 19.4. The molecule has 10 heteroatoms. The molecule has 2 aromatic carbocycles. The molecule has 0 aliphatic carbocycles. The van der Waals surface area contributed by atoms with E-state index in [0.29, 0.717) is 11.6 Å². The lowest BCUT2D eigenvalue weighted by Gasteiger charge is -2.30. The fourth-order valence-corrected chi connectivity index (χ4v) is 2.62. The molecule has 0 aliphatic heterocycles. The third kappa shape index (κ3) is 3.73. The number of hydrogen-bond donors (Lipinski definition) is 2. The number of alkyl halides is 3. The first-order chi connectivity index (χ1) is 13.0. The summed E-state index contributed by atoms with van der Waals surface area (Å²) in [5.41, 5.74) is 4.01. The van der Waals surface area contributed by atoms with Gasteiger partial charge >= 0.3 is 17.7 Å². The maximum absolute atomic E-state index is 14.5. The molecule has 150 valence electrons. The topological polar surface area (TPSA) is 83.6 Å². The lowest BCUT2D eigenvalue weighted by Crippen LogP contribution is -2.56. The Morgan fingerprint density at radius 1 is 1.00 bits per heavy atom. The van der Waals surface area contributed by atoms with Gasteiger partial charge in [-0.1, -0.05) is 63.6 Å². The van der Waals surface area contributed by atoms with E-state index in [9.17, 15) is 31.7 Å². The molecule has 2 aromatic rings. The number of aliphatic carboxylic acids is 1. The number of carbonyl (C=O) groups excluding carboxylic acids is 1. The van der Waals surface area contributed by atoms with Gasteiger partial charge in [0.15, 0.2) is 5.78 Å². The molecular formula is C18H15F5N2O3. The van der Waals surface area contributed by atoms with Crippen LogP contribution in [0, 0.1) is 0 Å². The third-order valence-corrected chi connectivity index (χ3v) is 4.10. The molecule has 28 heavy (non-hydrogen) atoms. The van der Waals surface area contributed by atoms with Crippen molar-refractivity contribution >= 4 is 11.8 Å². The van der Waals surface area contributed by atoms with Crippen LogP contribution in [0.15, 0.2) is 54.6 Å². The van der Waals surface area contributed by atoms with Crippen molar-refractivity contribution in [2.24, 2.45) is 5.73 Å². The molecule has 0 saturated carbocycles. The summed E-state index contributed by atoms with van der Waals surface area (Å²) in [6.07, 6.45) is -0.0579. The molecule has 5 nitrogen and oxygen atoms in total.